The summed E-state index contributed by atoms with van der Waals surface area (Å²) in [6, 6.07) is 9.99. The zero-order valence-corrected chi connectivity index (χ0v) is 10.5. The first-order chi connectivity index (χ1) is 8.26. The molecule has 4 N–H and O–H groups in total. The van der Waals surface area contributed by atoms with Crippen LogP contribution in [0, 0.1) is 0 Å². The molecule has 0 atom stereocenters. The van der Waals surface area contributed by atoms with Crippen LogP contribution < -0.4 is 5.32 Å². The van der Waals surface area contributed by atoms with E-state index in [-0.39, 0.29) is 19.8 Å². The Kier molecular flexibility index (Phi) is 6.54. The molecule has 0 saturated carbocycles. The highest BCUT2D eigenvalue weighted by atomic mass is 32.2. The lowest BCUT2D eigenvalue weighted by atomic mass is 10.0. The molecule has 0 heterocycles. The lowest BCUT2D eigenvalue weighted by Crippen LogP contribution is -2.55. The Morgan fingerprint density at radius 2 is 1.59 bits per heavy atom. The minimum absolute atomic E-state index is 0.282. The molecule has 0 radical (unpaired) electrons. The number of benzene rings is 1. The van der Waals surface area contributed by atoms with Crippen molar-refractivity contribution in [1.29, 1.82) is 0 Å². The van der Waals surface area contributed by atoms with Gasteiger partial charge >= 0.3 is 0 Å². The molecule has 96 valence electrons. The van der Waals surface area contributed by atoms with E-state index < -0.39 is 5.54 Å². The summed E-state index contributed by atoms with van der Waals surface area (Å²) in [5, 5.41) is 30.3. The fourth-order valence-corrected chi connectivity index (χ4v) is 2.11. The van der Waals surface area contributed by atoms with Gasteiger partial charge in [0.2, 0.25) is 0 Å². The van der Waals surface area contributed by atoms with Gasteiger partial charge in [0.05, 0.1) is 25.4 Å². The minimum Gasteiger partial charge on any atom is -0.394 e. The monoisotopic (exact) mass is 257 g/mol. The van der Waals surface area contributed by atoms with Crippen molar-refractivity contribution in [3.05, 3.63) is 30.3 Å². The van der Waals surface area contributed by atoms with Crippen LogP contribution in [-0.4, -0.2) is 53.0 Å². The Labute approximate surface area is 106 Å². The van der Waals surface area contributed by atoms with Crippen LogP contribution >= 0.6 is 11.8 Å². The first kappa shape index (κ1) is 14.5. The molecule has 0 bridgehead atoms. The normalized spacial score (nSPS) is 11.7. The van der Waals surface area contributed by atoms with Crippen LogP contribution in [-0.2, 0) is 0 Å². The average molecular weight is 257 g/mol. The quantitative estimate of drug-likeness (QED) is 0.392. The highest BCUT2D eigenvalue weighted by Crippen LogP contribution is 2.16. The topological polar surface area (TPSA) is 72.7 Å². The van der Waals surface area contributed by atoms with Crippen LogP contribution in [0.3, 0.4) is 0 Å². The molecule has 1 aromatic rings. The Balaban J connectivity index is 2.28. The maximum atomic E-state index is 9.10. The van der Waals surface area contributed by atoms with E-state index in [0.29, 0.717) is 6.54 Å². The predicted molar refractivity (Wildman–Crippen MR) is 69.2 cm³/mol. The van der Waals surface area contributed by atoms with Gasteiger partial charge in [0.1, 0.15) is 0 Å². The van der Waals surface area contributed by atoms with Crippen LogP contribution in [0.2, 0.25) is 0 Å². The van der Waals surface area contributed by atoms with Gasteiger partial charge in [0.25, 0.3) is 0 Å². The van der Waals surface area contributed by atoms with Crippen LogP contribution in [0.1, 0.15) is 0 Å². The predicted octanol–water partition coefficient (Wildman–Crippen LogP) is 0.0840. The first-order valence-electron chi connectivity index (χ1n) is 5.52. The van der Waals surface area contributed by atoms with Crippen LogP contribution in [0.4, 0.5) is 0 Å². The third-order valence-electron chi connectivity index (χ3n) is 2.52. The second kappa shape index (κ2) is 7.68. The van der Waals surface area contributed by atoms with Gasteiger partial charge in [-0.1, -0.05) is 18.2 Å². The van der Waals surface area contributed by atoms with Gasteiger partial charge < -0.3 is 20.6 Å². The molecule has 0 unspecified atom stereocenters. The van der Waals surface area contributed by atoms with E-state index in [1.807, 2.05) is 30.3 Å². The molecular weight excluding hydrogens is 238 g/mol. The van der Waals surface area contributed by atoms with Crippen molar-refractivity contribution >= 4 is 11.8 Å². The molecular formula is C12H19NO3S. The maximum Gasteiger partial charge on any atom is 0.0881 e. The Morgan fingerprint density at radius 3 is 2.12 bits per heavy atom. The SMILES string of the molecule is OCC(CO)(CO)NCCSc1ccccc1. The molecule has 0 aliphatic carbocycles. The van der Waals surface area contributed by atoms with E-state index in [1.54, 1.807) is 11.8 Å². The molecule has 0 aromatic heterocycles. The molecule has 4 nitrogen and oxygen atoms in total. The van der Waals surface area contributed by atoms with E-state index in [0.717, 1.165) is 5.75 Å². The van der Waals surface area contributed by atoms with Crippen molar-refractivity contribution in [2.75, 3.05) is 32.1 Å². The summed E-state index contributed by atoms with van der Waals surface area (Å²) in [7, 11) is 0. The zero-order chi connectivity index (χ0) is 12.6. The van der Waals surface area contributed by atoms with E-state index >= 15 is 0 Å². The molecule has 1 rings (SSSR count). The van der Waals surface area contributed by atoms with Crippen molar-refractivity contribution in [2.45, 2.75) is 10.4 Å². The number of hydrogen-bond acceptors (Lipinski definition) is 5. The lowest BCUT2D eigenvalue weighted by molar-refractivity contribution is 0.0441. The smallest absolute Gasteiger partial charge is 0.0881 e. The summed E-state index contributed by atoms with van der Waals surface area (Å²) >= 11 is 1.69. The van der Waals surface area contributed by atoms with Crippen molar-refractivity contribution in [2.24, 2.45) is 0 Å². The molecule has 0 saturated heterocycles. The van der Waals surface area contributed by atoms with Gasteiger partial charge in [0.15, 0.2) is 0 Å². The fraction of sp³-hybridized carbons (Fsp3) is 0.500. The Morgan fingerprint density at radius 1 is 1.00 bits per heavy atom. The van der Waals surface area contributed by atoms with Gasteiger partial charge in [-0.15, -0.1) is 11.8 Å². The third-order valence-corrected chi connectivity index (χ3v) is 3.54. The Bertz CT molecular complexity index is 296. The summed E-state index contributed by atoms with van der Waals surface area (Å²) in [6.07, 6.45) is 0. The molecule has 0 aliphatic heterocycles. The van der Waals surface area contributed by atoms with Crippen molar-refractivity contribution < 1.29 is 15.3 Å². The maximum absolute atomic E-state index is 9.10. The summed E-state index contributed by atoms with van der Waals surface area (Å²) in [6.45, 7) is -0.233. The summed E-state index contributed by atoms with van der Waals surface area (Å²) in [4.78, 5) is 1.18. The van der Waals surface area contributed by atoms with Crippen molar-refractivity contribution in [1.82, 2.24) is 5.32 Å². The number of aliphatic hydroxyl groups is 3. The summed E-state index contributed by atoms with van der Waals surface area (Å²) in [5.74, 6) is 0.811. The zero-order valence-electron chi connectivity index (χ0n) is 9.67. The molecule has 0 fully saturated rings. The standard InChI is InChI=1S/C12H19NO3S/c14-8-12(9-15,10-16)13-6-7-17-11-4-2-1-3-5-11/h1-5,13-16H,6-10H2. The van der Waals surface area contributed by atoms with E-state index in [2.05, 4.69) is 5.32 Å². The number of thioether (sulfide) groups is 1. The minimum atomic E-state index is -0.975. The largest absolute Gasteiger partial charge is 0.394 e. The van der Waals surface area contributed by atoms with Gasteiger partial charge in [-0.05, 0) is 12.1 Å². The second-order valence-electron chi connectivity index (χ2n) is 3.84. The van der Waals surface area contributed by atoms with Crippen molar-refractivity contribution in [3.63, 3.8) is 0 Å². The third kappa shape index (κ3) is 4.65. The fourth-order valence-electron chi connectivity index (χ4n) is 1.32. The highest BCUT2D eigenvalue weighted by Gasteiger charge is 2.26. The van der Waals surface area contributed by atoms with E-state index in [1.165, 1.54) is 4.90 Å². The van der Waals surface area contributed by atoms with E-state index in [9.17, 15) is 0 Å². The molecule has 5 heteroatoms. The van der Waals surface area contributed by atoms with Crippen LogP contribution in [0.15, 0.2) is 35.2 Å². The number of rotatable bonds is 8. The number of nitrogens with one attached hydrogen (secondary N) is 1. The average Bonchev–Trinajstić information content (AvgIpc) is 2.41. The van der Waals surface area contributed by atoms with E-state index in [4.69, 9.17) is 15.3 Å². The van der Waals surface area contributed by atoms with Crippen LogP contribution in [0.5, 0.6) is 0 Å². The molecule has 1 aromatic carbocycles. The molecule has 17 heavy (non-hydrogen) atoms. The van der Waals surface area contributed by atoms with Gasteiger partial charge in [-0.3, -0.25) is 0 Å². The molecule has 0 aliphatic rings. The summed E-state index contributed by atoms with van der Waals surface area (Å²) < 4.78 is 0. The number of hydrogen-bond donors (Lipinski definition) is 4. The van der Waals surface area contributed by atoms with Gasteiger partial charge in [-0.25, -0.2) is 0 Å². The van der Waals surface area contributed by atoms with Gasteiger partial charge in [0, 0.05) is 17.2 Å². The second-order valence-corrected chi connectivity index (χ2v) is 5.01. The lowest BCUT2D eigenvalue weighted by Gasteiger charge is -2.28. The first-order valence-corrected chi connectivity index (χ1v) is 6.50. The van der Waals surface area contributed by atoms with Gasteiger partial charge in [-0.2, -0.15) is 0 Å². The Hall–Kier alpha value is -0.590. The molecule has 0 amide bonds. The van der Waals surface area contributed by atoms with Crippen molar-refractivity contribution in [3.8, 4) is 0 Å². The molecule has 0 spiro atoms. The highest BCUT2D eigenvalue weighted by molar-refractivity contribution is 7.99. The van der Waals surface area contributed by atoms with Crippen LogP contribution in [0.25, 0.3) is 0 Å². The summed E-state index contributed by atoms with van der Waals surface area (Å²) in [5.41, 5.74) is -0.975. The number of aliphatic hydroxyl groups excluding tert-OH is 3.